The van der Waals surface area contributed by atoms with Crippen molar-refractivity contribution in [3.05, 3.63) is 41.6 Å². The molecule has 1 aliphatic carbocycles. The summed E-state index contributed by atoms with van der Waals surface area (Å²) in [5.74, 6) is -5.97. The van der Waals surface area contributed by atoms with E-state index >= 15 is 0 Å². The molecule has 3 N–H and O–H groups in total. The quantitative estimate of drug-likeness (QED) is 0.272. The predicted octanol–water partition coefficient (Wildman–Crippen LogP) is 1.06. The minimum absolute atomic E-state index is 0.0498. The van der Waals surface area contributed by atoms with Gasteiger partial charge in [-0.05, 0) is 51.2 Å². The fraction of sp³-hybridized carbons (Fsp3) is 0.531. The number of halogens is 2. The maximum absolute atomic E-state index is 14.2. The number of amides is 5. The van der Waals surface area contributed by atoms with Gasteiger partial charge in [0.25, 0.3) is 11.8 Å². The zero-order valence-corrected chi connectivity index (χ0v) is 27.4. The molecule has 3 fully saturated rings. The average molecular weight is 704 g/mol. The Kier molecular flexibility index (Phi) is 11.5. The summed E-state index contributed by atoms with van der Waals surface area (Å²) in [5, 5.41) is 18.9. The molecule has 270 valence electrons. The zero-order chi connectivity index (χ0) is 35.9. The molecule has 3 aliphatic rings. The van der Waals surface area contributed by atoms with Crippen molar-refractivity contribution >= 4 is 35.7 Å². The lowest BCUT2D eigenvalue weighted by Crippen LogP contribution is -2.56. The summed E-state index contributed by atoms with van der Waals surface area (Å²) in [5.41, 5.74) is -0.383. The first kappa shape index (κ1) is 36.0. The summed E-state index contributed by atoms with van der Waals surface area (Å²) in [7, 11) is 0. The van der Waals surface area contributed by atoms with Crippen LogP contribution in [0.3, 0.4) is 0 Å². The Morgan fingerprint density at radius 3 is 2.36 bits per heavy atom. The normalized spacial score (nSPS) is 18.0. The van der Waals surface area contributed by atoms with Crippen LogP contribution in [0.25, 0.3) is 5.69 Å². The van der Waals surface area contributed by atoms with Crippen molar-refractivity contribution in [1.82, 2.24) is 35.1 Å². The molecule has 2 aromatic rings. The molecule has 2 saturated heterocycles. The van der Waals surface area contributed by atoms with E-state index in [0.717, 1.165) is 35.7 Å². The molecule has 0 bridgehead atoms. The van der Waals surface area contributed by atoms with Crippen LogP contribution in [0.4, 0.5) is 13.6 Å². The molecule has 5 rings (SSSR count). The Balaban J connectivity index is 1.32. The van der Waals surface area contributed by atoms with Crippen molar-refractivity contribution in [2.75, 3.05) is 45.9 Å². The van der Waals surface area contributed by atoms with Crippen LogP contribution < -0.4 is 15.4 Å². The summed E-state index contributed by atoms with van der Waals surface area (Å²) < 4.78 is 39.7. The monoisotopic (exact) mass is 703 g/mol. The van der Waals surface area contributed by atoms with Gasteiger partial charge in [-0.15, -0.1) is 0 Å². The minimum Gasteiger partial charge on any atom is -0.481 e. The summed E-state index contributed by atoms with van der Waals surface area (Å²) in [6, 6.07) is 2.14. The molecule has 2 atom stereocenters. The lowest BCUT2D eigenvalue weighted by Gasteiger charge is -2.35. The van der Waals surface area contributed by atoms with Crippen LogP contribution >= 0.6 is 0 Å². The molecular formula is C32H39F2N7O9. The number of carbonyl (C=O) groups excluding carboxylic acids is 5. The van der Waals surface area contributed by atoms with E-state index in [9.17, 15) is 42.7 Å². The van der Waals surface area contributed by atoms with Gasteiger partial charge in [-0.3, -0.25) is 24.0 Å². The number of carboxylic acid groups (broad SMARTS) is 1. The van der Waals surface area contributed by atoms with Crippen molar-refractivity contribution in [3.8, 4) is 11.6 Å². The number of piperazine rings is 1. The van der Waals surface area contributed by atoms with Gasteiger partial charge in [0.15, 0.2) is 23.9 Å². The number of aliphatic carboxylic acids is 1. The average Bonchev–Trinajstić information content (AvgIpc) is 3.58. The van der Waals surface area contributed by atoms with Crippen molar-refractivity contribution in [1.29, 1.82) is 0 Å². The van der Waals surface area contributed by atoms with Crippen molar-refractivity contribution < 1.29 is 52.1 Å². The third-order valence-corrected chi connectivity index (χ3v) is 8.57. The van der Waals surface area contributed by atoms with Crippen LogP contribution in [0.5, 0.6) is 5.88 Å². The Bertz CT molecular complexity index is 1620. The van der Waals surface area contributed by atoms with E-state index in [-0.39, 0.29) is 68.4 Å². The maximum Gasteiger partial charge on any atom is 0.409 e. The number of aromatic nitrogens is 2. The maximum atomic E-state index is 14.2. The molecule has 16 nitrogen and oxygen atoms in total. The topological polar surface area (TPSA) is 193 Å². The second kappa shape index (κ2) is 15.9. The van der Waals surface area contributed by atoms with Crippen molar-refractivity contribution in [2.24, 2.45) is 0 Å². The van der Waals surface area contributed by atoms with Crippen LogP contribution in [0.1, 0.15) is 55.9 Å². The predicted molar refractivity (Wildman–Crippen MR) is 168 cm³/mol. The first-order chi connectivity index (χ1) is 23.9. The van der Waals surface area contributed by atoms with E-state index in [2.05, 4.69) is 15.7 Å². The largest absolute Gasteiger partial charge is 0.481 e. The van der Waals surface area contributed by atoms with Crippen LogP contribution in [0, 0.1) is 11.6 Å². The zero-order valence-electron chi connectivity index (χ0n) is 27.4. The van der Waals surface area contributed by atoms with Crippen LogP contribution in [-0.4, -0.2) is 129 Å². The number of carboxylic acids is 1. The van der Waals surface area contributed by atoms with E-state index in [4.69, 9.17) is 9.47 Å². The Labute approximate surface area is 285 Å². The third kappa shape index (κ3) is 8.83. The number of nitrogens with zero attached hydrogens (tertiary/aromatic N) is 5. The van der Waals surface area contributed by atoms with E-state index in [0.29, 0.717) is 19.4 Å². The number of carbonyl (C=O) groups is 6. The third-order valence-electron chi connectivity index (χ3n) is 8.57. The van der Waals surface area contributed by atoms with Crippen LogP contribution in [0.15, 0.2) is 24.3 Å². The molecule has 0 unspecified atom stereocenters. The SMILES string of the molecule is CCOC(=O)N1CCN(C(=O)[C@H](CCC(=O)O)NC(=O)c2cc(OCC(=O)N3CCC[C@H]3C(=O)NC3CC3)n(-c3ccc(F)c(F)c3)n2)CC1. The van der Waals surface area contributed by atoms with Gasteiger partial charge in [-0.25, -0.2) is 18.3 Å². The Morgan fingerprint density at radius 2 is 1.70 bits per heavy atom. The highest BCUT2D eigenvalue weighted by Gasteiger charge is 2.37. The van der Waals surface area contributed by atoms with Gasteiger partial charge in [0.1, 0.15) is 12.1 Å². The van der Waals surface area contributed by atoms with Crippen molar-refractivity contribution in [2.45, 2.75) is 63.6 Å². The van der Waals surface area contributed by atoms with Gasteiger partial charge in [-0.2, -0.15) is 5.10 Å². The lowest BCUT2D eigenvalue weighted by atomic mass is 10.1. The molecule has 2 aliphatic heterocycles. The van der Waals surface area contributed by atoms with Crippen molar-refractivity contribution in [3.63, 3.8) is 0 Å². The first-order valence-corrected chi connectivity index (χ1v) is 16.5. The number of nitrogens with one attached hydrogen (secondary N) is 2. The number of ether oxygens (including phenoxy) is 2. The number of rotatable bonds is 13. The molecule has 50 heavy (non-hydrogen) atoms. The highest BCUT2D eigenvalue weighted by Crippen LogP contribution is 2.25. The molecule has 1 saturated carbocycles. The molecular weight excluding hydrogens is 664 g/mol. The lowest BCUT2D eigenvalue weighted by molar-refractivity contribution is -0.140. The minimum atomic E-state index is -1.29. The second-order valence-corrected chi connectivity index (χ2v) is 12.2. The summed E-state index contributed by atoms with van der Waals surface area (Å²) >= 11 is 0. The standard InChI is InChI=1S/C32H39F2N7O9/c1-2-49-32(48)39-14-12-38(13-15-39)31(47)23(9-10-28(43)44)36-29(45)24-17-27(41(37-24)20-7-8-21(33)22(34)16-20)50-18-26(42)40-11-3-4-25(40)30(46)35-19-5-6-19/h7-8,16-17,19,23,25H,2-6,9-15,18H2,1H3,(H,35,46)(H,36,45)(H,43,44)/t23-,25-/m0/s1. The highest BCUT2D eigenvalue weighted by atomic mass is 19.2. The Morgan fingerprint density at radius 1 is 0.980 bits per heavy atom. The van der Waals surface area contributed by atoms with Crippen LogP contribution in [-0.2, 0) is 23.9 Å². The summed E-state index contributed by atoms with van der Waals surface area (Å²) in [4.78, 5) is 80.6. The highest BCUT2D eigenvalue weighted by molar-refractivity contribution is 5.96. The first-order valence-electron chi connectivity index (χ1n) is 16.5. The smallest absolute Gasteiger partial charge is 0.409 e. The molecule has 1 aromatic heterocycles. The van der Waals surface area contributed by atoms with E-state index in [1.807, 2.05) is 0 Å². The molecule has 5 amide bonds. The number of benzene rings is 1. The number of hydrogen-bond acceptors (Lipinski definition) is 9. The molecule has 1 aromatic carbocycles. The molecule has 0 spiro atoms. The van der Waals surface area contributed by atoms with Gasteiger partial charge in [0.2, 0.25) is 17.7 Å². The van der Waals surface area contributed by atoms with E-state index in [1.165, 1.54) is 20.8 Å². The number of hydrogen-bond donors (Lipinski definition) is 3. The van der Waals surface area contributed by atoms with Gasteiger partial charge < -0.3 is 39.9 Å². The van der Waals surface area contributed by atoms with Gasteiger partial charge in [0, 0.05) is 57.3 Å². The van der Waals surface area contributed by atoms with E-state index < -0.39 is 66.5 Å². The molecule has 18 heteroatoms. The Hall–Kier alpha value is -5.29. The van der Waals surface area contributed by atoms with Gasteiger partial charge in [-0.1, -0.05) is 0 Å². The molecule has 3 heterocycles. The second-order valence-electron chi connectivity index (χ2n) is 12.2. The van der Waals surface area contributed by atoms with Crippen LogP contribution in [0.2, 0.25) is 0 Å². The van der Waals surface area contributed by atoms with E-state index in [1.54, 1.807) is 6.92 Å². The summed E-state index contributed by atoms with van der Waals surface area (Å²) in [6.07, 6.45) is 1.66. The number of likely N-dealkylation sites (tertiary alicyclic amines) is 1. The summed E-state index contributed by atoms with van der Waals surface area (Å²) in [6.45, 7) is 2.21. The fourth-order valence-electron chi connectivity index (χ4n) is 5.76. The molecule has 0 radical (unpaired) electrons. The van der Waals surface area contributed by atoms with Gasteiger partial charge in [0.05, 0.1) is 12.3 Å². The fourth-order valence-corrected chi connectivity index (χ4v) is 5.76. The van der Waals surface area contributed by atoms with Gasteiger partial charge >= 0.3 is 12.1 Å².